The van der Waals surface area contributed by atoms with Gasteiger partial charge in [0.05, 0.1) is 19.8 Å². The van der Waals surface area contributed by atoms with E-state index in [4.69, 9.17) is 9.47 Å². The molecule has 0 heterocycles. The van der Waals surface area contributed by atoms with Gasteiger partial charge in [0.1, 0.15) is 17.6 Å². The fourth-order valence-corrected chi connectivity index (χ4v) is 7.09. The normalized spacial score (nSPS) is 11.1. The van der Waals surface area contributed by atoms with Crippen molar-refractivity contribution in [3.63, 3.8) is 0 Å². The summed E-state index contributed by atoms with van der Waals surface area (Å²) in [6.07, 6.45) is 8.32. The van der Waals surface area contributed by atoms with E-state index in [1.54, 1.807) is 14.2 Å². The molecule has 0 unspecified atom stereocenters. The number of hydrogen-bond acceptors (Lipinski definition) is 5. The highest BCUT2D eigenvalue weighted by Crippen LogP contribution is 2.37. The molecule has 0 saturated heterocycles. The minimum absolute atomic E-state index is 0.658. The Morgan fingerprint density at radius 1 is 0.414 bits per heavy atom. The molecular formula is C53H41N3O2. The second-order valence-electron chi connectivity index (χ2n) is 13.7. The van der Waals surface area contributed by atoms with Gasteiger partial charge in [-0.05, 0) is 131 Å². The lowest BCUT2D eigenvalue weighted by atomic mass is 9.97. The van der Waals surface area contributed by atoms with Crippen LogP contribution in [0.4, 0.5) is 34.1 Å². The van der Waals surface area contributed by atoms with Gasteiger partial charge in [0.25, 0.3) is 0 Å². The van der Waals surface area contributed by atoms with Gasteiger partial charge in [-0.15, -0.1) is 0 Å². The van der Waals surface area contributed by atoms with Crippen LogP contribution in [0.5, 0.6) is 11.5 Å². The summed E-state index contributed by atoms with van der Waals surface area (Å²) in [5.74, 6) is 1.64. The Morgan fingerprint density at radius 2 is 0.810 bits per heavy atom. The minimum atomic E-state index is 0.658. The van der Waals surface area contributed by atoms with E-state index in [0.717, 1.165) is 78.6 Å². The average Bonchev–Trinajstić information content (AvgIpc) is 3.29. The fraction of sp³-hybridized carbons (Fsp3) is 0.0377. The van der Waals surface area contributed by atoms with Crippen molar-refractivity contribution in [2.24, 2.45) is 0 Å². The zero-order chi connectivity index (χ0) is 39.7. The highest BCUT2D eigenvalue weighted by Gasteiger charge is 2.14. The van der Waals surface area contributed by atoms with Crippen LogP contribution < -0.4 is 19.3 Å². The number of para-hydroxylation sites is 2. The Hall–Kier alpha value is -7.81. The van der Waals surface area contributed by atoms with Gasteiger partial charge in [0, 0.05) is 39.5 Å². The molecule has 8 rings (SSSR count). The van der Waals surface area contributed by atoms with Crippen LogP contribution in [0.1, 0.15) is 27.8 Å². The number of benzene rings is 8. The zero-order valence-electron chi connectivity index (χ0n) is 32.4. The number of nitrogens with zero attached hydrogens (tertiary/aromatic N) is 3. The maximum atomic E-state index is 10.3. The summed E-state index contributed by atoms with van der Waals surface area (Å²) in [7, 11) is 3.36. The van der Waals surface area contributed by atoms with Crippen LogP contribution in [0.15, 0.2) is 188 Å². The number of nitriles is 1. The Labute approximate surface area is 340 Å². The summed E-state index contributed by atoms with van der Waals surface area (Å²) in [4.78, 5) is 4.45. The molecule has 0 aromatic heterocycles. The molecule has 0 fully saturated rings. The molecule has 58 heavy (non-hydrogen) atoms. The third-order valence-corrected chi connectivity index (χ3v) is 10.1. The summed E-state index contributed by atoms with van der Waals surface area (Å²) in [5, 5.41) is 12.2. The van der Waals surface area contributed by atoms with Gasteiger partial charge in [0.15, 0.2) is 0 Å². The lowest BCUT2D eigenvalue weighted by Crippen LogP contribution is -2.09. The van der Waals surface area contributed by atoms with Gasteiger partial charge in [-0.2, -0.15) is 5.26 Å². The van der Waals surface area contributed by atoms with E-state index in [2.05, 4.69) is 161 Å². The van der Waals surface area contributed by atoms with E-state index in [9.17, 15) is 5.26 Å². The standard InChI is InChI=1S/C53H41N3O2/c1-57-50-32-28-48(29-33-50)55(44-9-5-3-6-10-44)46-24-16-39(17-25-46)13-14-41-20-36-52-43(37-41)23-22-42(53(52)38-54)21-15-40-18-26-47(27-19-40)56(45-11-7-4-8-12-45)49-30-34-51(58-2)35-31-49/h3-37H,1-2H3/b14-13+,21-15+. The summed E-state index contributed by atoms with van der Waals surface area (Å²) in [6, 6.07) is 66.7. The third kappa shape index (κ3) is 8.23. The molecule has 5 heteroatoms. The molecule has 5 nitrogen and oxygen atoms in total. The summed E-state index contributed by atoms with van der Waals surface area (Å²) in [5.41, 5.74) is 11.1. The first-order chi connectivity index (χ1) is 28.6. The molecule has 0 aliphatic heterocycles. The Morgan fingerprint density at radius 3 is 1.26 bits per heavy atom. The van der Waals surface area contributed by atoms with E-state index >= 15 is 0 Å². The minimum Gasteiger partial charge on any atom is -0.497 e. The first-order valence-electron chi connectivity index (χ1n) is 19.1. The smallest absolute Gasteiger partial charge is 0.119 e. The van der Waals surface area contributed by atoms with E-state index in [1.807, 2.05) is 66.7 Å². The Kier molecular flexibility index (Phi) is 11.1. The highest BCUT2D eigenvalue weighted by atomic mass is 16.5. The van der Waals surface area contributed by atoms with Crippen molar-refractivity contribution in [2.75, 3.05) is 24.0 Å². The summed E-state index contributed by atoms with van der Waals surface area (Å²) >= 11 is 0. The van der Waals surface area contributed by atoms with E-state index in [1.165, 1.54) is 0 Å². The van der Waals surface area contributed by atoms with Crippen LogP contribution in [-0.4, -0.2) is 14.2 Å². The van der Waals surface area contributed by atoms with Crippen LogP contribution in [0.25, 0.3) is 35.1 Å². The van der Waals surface area contributed by atoms with Crippen molar-refractivity contribution >= 4 is 69.2 Å². The second-order valence-corrected chi connectivity index (χ2v) is 13.7. The van der Waals surface area contributed by atoms with Crippen LogP contribution in [0.2, 0.25) is 0 Å². The topological polar surface area (TPSA) is 48.7 Å². The Balaban J connectivity index is 0.989. The monoisotopic (exact) mass is 751 g/mol. The molecule has 0 aliphatic carbocycles. The largest absolute Gasteiger partial charge is 0.497 e. The number of rotatable bonds is 12. The lowest BCUT2D eigenvalue weighted by molar-refractivity contribution is 0.414. The van der Waals surface area contributed by atoms with Gasteiger partial charge in [0.2, 0.25) is 0 Å². The number of anilines is 6. The van der Waals surface area contributed by atoms with E-state index in [0.29, 0.717) is 5.56 Å². The molecule has 0 atom stereocenters. The van der Waals surface area contributed by atoms with E-state index < -0.39 is 0 Å². The maximum Gasteiger partial charge on any atom is 0.119 e. The molecule has 0 bridgehead atoms. The summed E-state index contributed by atoms with van der Waals surface area (Å²) in [6.45, 7) is 0. The van der Waals surface area contributed by atoms with Crippen LogP contribution >= 0.6 is 0 Å². The van der Waals surface area contributed by atoms with Gasteiger partial charge in [-0.1, -0.05) is 109 Å². The zero-order valence-corrected chi connectivity index (χ0v) is 32.4. The molecule has 0 radical (unpaired) electrons. The maximum absolute atomic E-state index is 10.3. The average molecular weight is 752 g/mol. The molecule has 8 aromatic carbocycles. The molecule has 0 N–H and O–H groups in total. The SMILES string of the molecule is COc1ccc(N(c2ccccc2)c2ccc(/C=C/c3ccc4c(C#N)c(/C=C/c5ccc(N(c6ccccc6)c6ccc(OC)cc6)cc5)ccc4c3)cc2)cc1. The number of fused-ring (bicyclic) bond motifs is 1. The quantitative estimate of drug-likeness (QED) is 0.116. The van der Waals surface area contributed by atoms with Crippen molar-refractivity contribution < 1.29 is 9.47 Å². The Bertz CT molecular complexity index is 2720. The first kappa shape index (κ1) is 37.1. The molecule has 0 saturated carbocycles. The predicted molar refractivity (Wildman–Crippen MR) is 242 cm³/mol. The van der Waals surface area contributed by atoms with Crippen molar-refractivity contribution in [2.45, 2.75) is 0 Å². The number of hydrogen-bond donors (Lipinski definition) is 0. The molecule has 0 spiro atoms. The molecule has 0 amide bonds. The van der Waals surface area contributed by atoms with Crippen molar-refractivity contribution in [1.29, 1.82) is 5.26 Å². The van der Waals surface area contributed by atoms with Crippen LogP contribution in [0.3, 0.4) is 0 Å². The fourth-order valence-electron chi connectivity index (χ4n) is 7.09. The molecule has 8 aromatic rings. The third-order valence-electron chi connectivity index (χ3n) is 10.1. The number of ether oxygens (including phenoxy) is 2. The van der Waals surface area contributed by atoms with Crippen LogP contribution in [0, 0.1) is 11.3 Å². The van der Waals surface area contributed by atoms with Crippen LogP contribution in [-0.2, 0) is 0 Å². The van der Waals surface area contributed by atoms with Gasteiger partial charge >= 0.3 is 0 Å². The van der Waals surface area contributed by atoms with Gasteiger partial charge < -0.3 is 19.3 Å². The molecule has 280 valence electrons. The summed E-state index contributed by atoms with van der Waals surface area (Å²) < 4.78 is 10.8. The number of methoxy groups -OCH3 is 2. The van der Waals surface area contributed by atoms with Crippen molar-refractivity contribution in [1.82, 2.24) is 0 Å². The highest BCUT2D eigenvalue weighted by molar-refractivity contribution is 5.94. The van der Waals surface area contributed by atoms with E-state index in [-0.39, 0.29) is 0 Å². The first-order valence-corrected chi connectivity index (χ1v) is 19.1. The van der Waals surface area contributed by atoms with Gasteiger partial charge in [-0.25, -0.2) is 0 Å². The molecular weight excluding hydrogens is 711 g/mol. The lowest BCUT2D eigenvalue weighted by Gasteiger charge is -2.25. The van der Waals surface area contributed by atoms with Crippen molar-refractivity contribution in [3.8, 4) is 17.6 Å². The molecule has 0 aliphatic rings. The predicted octanol–water partition coefficient (Wildman–Crippen LogP) is 14.0. The van der Waals surface area contributed by atoms with Gasteiger partial charge in [-0.3, -0.25) is 0 Å². The second kappa shape index (κ2) is 17.3. The van der Waals surface area contributed by atoms with Crippen molar-refractivity contribution in [3.05, 3.63) is 216 Å².